The highest BCUT2D eigenvalue weighted by Gasteiger charge is 2.71. The van der Waals surface area contributed by atoms with Gasteiger partial charge in [-0.2, -0.15) is 0 Å². The summed E-state index contributed by atoms with van der Waals surface area (Å²) in [6.45, 7) is 20.6. The van der Waals surface area contributed by atoms with Crippen molar-refractivity contribution in [3.8, 4) is 0 Å². The molecule has 6 aliphatic rings. The summed E-state index contributed by atoms with van der Waals surface area (Å²) in [5.74, 6) is -3.14. The van der Waals surface area contributed by atoms with Gasteiger partial charge in [-0.25, -0.2) is 9.59 Å². The van der Waals surface area contributed by atoms with Crippen LogP contribution in [0.2, 0.25) is 0 Å². The van der Waals surface area contributed by atoms with E-state index in [9.17, 15) is 47.9 Å². The fourth-order valence-corrected chi connectivity index (χ4v) is 12.8. The fourth-order valence-electron chi connectivity index (χ4n) is 12.8. The van der Waals surface area contributed by atoms with E-state index < -0.39 is 96.0 Å². The third-order valence-corrected chi connectivity index (χ3v) is 17.4. The number of piperidine rings is 2. The van der Waals surface area contributed by atoms with Crippen LogP contribution in [0.1, 0.15) is 205 Å². The van der Waals surface area contributed by atoms with Crippen LogP contribution in [0, 0.1) is 34.5 Å². The first-order valence-electron chi connectivity index (χ1n) is 30.2. The Kier molecular flexibility index (Phi) is 23.9. The van der Waals surface area contributed by atoms with Crippen molar-refractivity contribution < 1.29 is 66.9 Å². The molecule has 7 amide bonds. The predicted molar refractivity (Wildman–Crippen MR) is 302 cm³/mol. The van der Waals surface area contributed by atoms with Crippen LogP contribution >= 0.6 is 0 Å². The van der Waals surface area contributed by atoms with Crippen molar-refractivity contribution in [2.75, 3.05) is 26.7 Å². The second-order valence-corrected chi connectivity index (χ2v) is 26.7. The number of alkyl carbamates (subject to hydrolysis) is 2. The predicted octanol–water partition coefficient (Wildman–Crippen LogP) is 6.94. The number of esters is 2. The average Bonchev–Trinajstić information content (AvgIpc) is 2.32. The third kappa shape index (κ3) is 19.0. The maximum atomic E-state index is 14.2. The Morgan fingerprint density at radius 2 is 0.988 bits per heavy atom. The number of hydrogen-bond donors (Lipinski definition) is 5. The lowest BCUT2D eigenvalue weighted by Gasteiger charge is -2.35. The standard InChI is InChI=1S/C33H54N4O9.C27H45N3O5/c1-20(38)45-27(29(41)34-18-24(39)44-7)22-16-14-12-10-8-9-11-13-15-17-23(36-31(43)46-32(2,3)4)30(42)37-19-21-25(33(21,5)6)26(37)28(40)35-22;1-26(2,3)35-25(34)29-20-15-13-11-9-7-6-8-10-12-14-18(17-31)28-23(32)22-21-19(27(21,4)5)16-30(22)24(20)33/h21-23,25-27H,8-19H2,1-7H3,(H,34,41)(H,35,40)(H,36,43);17-22H,6-16H2,1-5H3,(H,28,32)(H,29,34)/t21-,22-,23-,25-,26-,27?;18-,19-,20-,21-,22-/m00/s1. The van der Waals surface area contributed by atoms with Crippen molar-refractivity contribution in [3.05, 3.63) is 0 Å². The Labute approximate surface area is 481 Å². The highest BCUT2D eigenvalue weighted by Crippen LogP contribution is 2.66. The quantitative estimate of drug-likeness (QED) is 0.0936. The Morgan fingerprint density at radius 1 is 0.605 bits per heavy atom. The van der Waals surface area contributed by atoms with Gasteiger partial charge in [0.1, 0.15) is 48.2 Å². The number of carbonyl (C=O) groups excluding carboxylic acids is 10. The molecule has 21 nitrogen and oxygen atoms in total. The van der Waals surface area contributed by atoms with Crippen LogP contribution in [0.5, 0.6) is 0 Å². The number of rotatable bonds is 8. The lowest BCUT2D eigenvalue weighted by Crippen LogP contribution is -2.59. The molecule has 2 saturated carbocycles. The molecule has 11 atom stereocenters. The van der Waals surface area contributed by atoms with Crippen LogP contribution in [-0.2, 0) is 57.3 Å². The zero-order valence-electron chi connectivity index (χ0n) is 50.8. The van der Waals surface area contributed by atoms with Gasteiger partial charge in [0, 0.05) is 20.0 Å². The van der Waals surface area contributed by atoms with E-state index >= 15 is 0 Å². The Morgan fingerprint density at radius 3 is 1.37 bits per heavy atom. The minimum absolute atomic E-state index is 0.0255. The summed E-state index contributed by atoms with van der Waals surface area (Å²) < 4.78 is 20.9. The molecule has 4 heterocycles. The van der Waals surface area contributed by atoms with E-state index in [2.05, 4.69) is 59.0 Å². The maximum absolute atomic E-state index is 14.2. The van der Waals surface area contributed by atoms with Crippen molar-refractivity contribution in [3.63, 3.8) is 0 Å². The summed E-state index contributed by atoms with van der Waals surface area (Å²) >= 11 is 0. The van der Waals surface area contributed by atoms with Gasteiger partial charge in [0.25, 0.3) is 5.91 Å². The SMILES string of the molecule is CC(C)(C)OC(=O)N[C@H]1CCCCCCCCCC[C@@H](C=O)NC(=O)[C@@H]2[C@@H]3[C@H](CN2C1=O)C3(C)C.COC(=O)CNC(=O)C(OC(C)=O)[C@@H]1CCCCCCCCCC[C@H](NC(=O)OC(C)(C)C)C(=O)N2C[C@H]3[C@@H]([C@H]2C(=O)N1)C3(C)C. The highest BCUT2D eigenvalue weighted by molar-refractivity contribution is 5.95. The second-order valence-electron chi connectivity index (χ2n) is 26.7. The lowest BCUT2D eigenvalue weighted by molar-refractivity contribution is -0.157. The van der Waals surface area contributed by atoms with Gasteiger partial charge in [0.15, 0.2) is 6.10 Å². The number of nitrogens with zero attached hydrogens (tertiary/aromatic N) is 2. The van der Waals surface area contributed by atoms with Gasteiger partial charge in [-0.1, -0.05) is 130 Å². The van der Waals surface area contributed by atoms with Crippen molar-refractivity contribution in [2.45, 2.75) is 258 Å². The number of amides is 7. The summed E-state index contributed by atoms with van der Waals surface area (Å²) in [5.41, 5.74) is -1.63. The lowest BCUT2D eigenvalue weighted by atomic mass is 9.97. The number of nitrogens with one attached hydrogen (secondary N) is 5. The molecule has 0 bridgehead atoms. The monoisotopic (exact) mass is 1140 g/mol. The molecule has 21 heteroatoms. The Hall–Kier alpha value is -5.50. The first-order chi connectivity index (χ1) is 38.0. The van der Waals surface area contributed by atoms with Crippen molar-refractivity contribution in [1.29, 1.82) is 0 Å². The van der Waals surface area contributed by atoms with E-state index in [1.165, 1.54) is 14.0 Å². The summed E-state index contributed by atoms with van der Waals surface area (Å²) in [5, 5.41) is 13.9. The van der Waals surface area contributed by atoms with Crippen LogP contribution < -0.4 is 26.6 Å². The molecule has 4 saturated heterocycles. The molecule has 0 radical (unpaired) electrons. The highest BCUT2D eigenvalue weighted by atomic mass is 16.6. The van der Waals surface area contributed by atoms with Gasteiger partial charge in [-0.3, -0.25) is 33.6 Å². The number of methoxy groups -OCH3 is 1. The topological polar surface area (TPSA) is 274 Å². The van der Waals surface area contributed by atoms with Gasteiger partial charge in [-0.05, 0) is 102 Å². The number of hydrogen-bond acceptors (Lipinski definition) is 14. The molecular weight excluding hydrogens is 1040 g/mol. The maximum Gasteiger partial charge on any atom is 0.408 e. The van der Waals surface area contributed by atoms with Crippen molar-refractivity contribution in [2.24, 2.45) is 34.5 Å². The summed E-state index contributed by atoms with van der Waals surface area (Å²) in [4.78, 5) is 133. The van der Waals surface area contributed by atoms with Crippen molar-refractivity contribution >= 4 is 59.9 Å². The normalized spacial score (nSPS) is 29.9. The van der Waals surface area contributed by atoms with E-state index in [1.807, 2.05) is 0 Å². The molecule has 6 fully saturated rings. The number of ether oxygens (including phenoxy) is 4. The minimum Gasteiger partial charge on any atom is -0.468 e. The Bertz CT molecular complexity index is 2220. The zero-order valence-corrected chi connectivity index (χ0v) is 50.8. The van der Waals surface area contributed by atoms with Gasteiger partial charge in [0.05, 0.1) is 19.2 Å². The van der Waals surface area contributed by atoms with E-state index in [0.29, 0.717) is 45.2 Å². The van der Waals surface area contributed by atoms with E-state index in [4.69, 9.17) is 14.2 Å². The Balaban J connectivity index is 0.000000308. The summed E-state index contributed by atoms with van der Waals surface area (Å²) in [6.07, 6.45) is 15.4. The molecule has 458 valence electrons. The van der Waals surface area contributed by atoms with Gasteiger partial charge in [0.2, 0.25) is 23.6 Å². The molecule has 1 unspecified atom stereocenters. The fraction of sp³-hybridized carbons (Fsp3) is 0.833. The molecule has 2 aliphatic carbocycles. The molecule has 0 aromatic rings. The smallest absolute Gasteiger partial charge is 0.408 e. The van der Waals surface area contributed by atoms with Crippen LogP contribution in [-0.4, -0.2) is 150 Å². The van der Waals surface area contributed by atoms with Gasteiger partial charge >= 0.3 is 24.1 Å². The minimum atomic E-state index is -1.40. The molecule has 0 aromatic carbocycles. The second kappa shape index (κ2) is 29.2. The van der Waals surface area contributed by atoms with Crippen LogP contribution in [0.3, 0.4) is 0 Å². The number of fused-ring (bicyclic) bond motifs is 6. The van der Waals surface area contributed by atoms with Gasteiger partial charge in [-0.15, -0.1) is 0 Å². The first kappa shape index (κ1) is 66.3. The summed E-state index contributed by atoms with van der Waals surface area (Å²) in [7, 11) is 1.19. The molecule has 81 heavy (non-hydrogen) atoms. The summed E-state index contributed by atoms with van der Waals surface area (Å²) in [6, 6.07) is -4.51. The van der Waals surface area contributed by atoms with E-state index in [0.717, 1.165) is 103 Å². The number of aldehydes is 1. The molecular formula is C60H99N7O14. The third-order valence-electron chi connectivity index (χ3n) is 17.4. The van der Waals surface area contributed by atoms with Crippen molar-refractivity contribution in [1.82, 2.24) is 36.4 Å². The molecule has 0 spiro atoms. The number of carbonyl (C=O) groups is 10. The first-order valence-corrected chi connectivity index (χ1v) is 30.2. The molecule has 0 aromatic heterocycles. The zero-order chi connectivity index (χ0) is 60.0. The molecule has 4 aliphatic heterocycles. The van der Waals surface area contributed by atoms with Crippen LogP contribution in [0.15, 0.2) is 0 Å². The van der Waals surface area contributed by atoms with Crippen LogP contribution in [0.25, 0.3) is 0 Å². The van der Waals surface area contributed by atoms with E-state index in [-0.39, 0.29) is 52.2 Å². The van der Waals surface area contributed by atoms with Gasteiger partial charge < -0.3 is 60.1 Å². The largest absolute Gasteiger partial charge is 0.468 e. The molecule has 5 N–H and O–H groups in total. The average molecular weight is 1140 g/mol. The molecule has 6 rings (SSSR count). The van der Waals surface area contributed by atoms with E-state index in [1.54, 1.807) is 51.3 Å². The van der Waals surface area contributed by atoms with Crippen LogP contribution in [0.4, 0.5) is 9.59 Å².